The number of rotatable bonds is 4. The maximum absolute atomic E-state index is 12.6. The molecule has 148 valence electrons. The van der Waals surface area contributed by atoms with Gasteiger partial charge in [0.15, 0.2) is 0 Å². The van der Waals surface area contributed by atoms with E-state index in [0.717, 1.165) is 29.8 Å². The number of nitrogens with zero attached hydrogens (tertiary/aromatic N) is 1. The maximum atomic E-state index is 12.6. The normalized spacial score (nSPS) is 17.2. The summed E-state index contributed by atoms with van der Waals surface area (Å²) in [5.74, 6) is -0.876. The number of benzene rings is 2. The van der Waals surface area contributed by atoms with Crippen LogP contribution in [0.25, 0.3) is 0 Å². The van der Waals surface area contributed by atoms with Gasteiger partial charge >= 0.3 is 6.18 Å². The molecule has 0 spiro atoms. The van der Waals surface area contributed by atoms with Crippen molar-refractivity contribution in [2.45, 2.75) is 12.3 Å². The molecular weight excluding hydrogens is 373 g/mol. The Kier molecular flexibility index (Phi) is 5.99. The number of morpholine rings is 1. The molecule has 0 unspecified atom stereocenters. The highest BCUT2D eigenvalue weighted by Gasteiger charge is 2.30. The lowest BCUT2D eigenvalue weighted by Crippen LogP contribution is -2.46. The third-order valence-electron chi connectivity index (χ3n) is 4.47. The zero-order valence-corrected chi connectivity index (χ0v) is 14.9. The minimum absolute atomic E-state index is 0.0601. The van der Waals surface area contributed by atoms with E-state index in [1.54, 1.807) is 4.90 Å². The minimum atomic E-state index is -4.46. The van der Waals surface area contributed by atoms with Crippen LogP contribution in [0.1, 0.15) is 27.6 Å². The van der Waals surface area contributed by atoms with Crippen molar-refractivity contribution in [1.82, 2.24) is 10.2 Å². The van der Waals surface area contributed by atoms with Crippen molar-refractivity contribution in [2.24, 2.45) is 0 Å². The Balaban J connectivity index is 1.54. The topological polar surface area (TPSA) is 58.6 Å². The third kappa shape index (κ3) is 4.89. The number of carbonyl (C=O) groups excluding carboxylic acids is 2. The van der Waals surface area contributed by atoms with Crippen LogP contribution in [0.5, 0.6) is 0 Å². The number of carbonyl (C=O) groups is 2. The molecule has 1 N–H and O–H groups in total. The lowest BCUT2D eigenvalue weighted by molar-refractivity contribution is -0.138. The fourth-order valence-electron chi connectivity index (χ4n) is 2.93. The number of alkyl halides is 3. The van der Waals surface area contributed by atoms with Crippen LogP contribution in [0, 0.1) is 0 Å². The Labute approximate surface area is 160 Å². The molecule has 2 aromatic rings. The summed E-state index contributed by atoms with van der Waals surface area (Å²) >= 11 is 0. The number of amides is 2. The van der Waals surface area contributed by atoms with Crippen LogP contribution in [-0.4, -0.2) is 43.0 Å². The molecule has 1 fully saturated rings. The number of hydrogen-bond acceptors (Lipinski definition) is 3. The summed E-state index contributed by atoms with van der Waals surface area (Å²) in [6.07, 6.45) is -4.69. The van der Waals surface area contributed by atoms with Gasteiger partial charge in [0.2, 0.25) is 5.91 Å². The first-order valence-corrected chi connectivity index (χ1v) is 8.74. The van der Waals surface area contributed by atoms with Gasteiger partial charge in [0.05, 0.1) is 25.3 Å². The molecule has 1 saturated heterocycles. The van der Waals surface area contributed by atoms with E-state index in [0.29, 0.717) is 19.7 Å². The van der Waals surface area contributed by atoms with Crippen LogP contribution in [0.3, 0.4) is 0 Å². The Morgan fingerprint density at radius 2 is 1.75 bits per heavy atom. The second-order valence-corrected chi connectivity index (χ2v) is 6.37. The largest absolute Gasteiger partial charge is 0.416 e. The molecule has 0 aliphatic carbocycles. The zero-order valence-electron chi connectivity index (χ0n) is 14.9. The van der Waals surface area contributed by atoms with Crippen molar-refractivity contribution in [1.29, 1.82) is 0 Å². The van der Waals surface area contributed by atoms with Gasteiger partial charge in [0.25, 0.3) is 5.91 Å². The zero-order chi connectivity index (χ0) is 20.1. The van der Waals surface area contributed by atoms with Crippen LogP contribution in [0.15, 0.2) is 54.6 Å². The van der Waals surface area contributed by atoms with Crippen molar-refractivity contribution in [3.05, 3.63) is 71.3 Å². The van der Waals surface area contributed by atoms with E-state index in [2.05, 4.69) is 5.32 Å². The van der Waals surface area contributed by atoms with E-state index in [4.69, 9.17) is 4.74 Å². The van der Waals surface area contributed by atoms with E-state index >= 15 is 0 Å². The van der Waals surface area contributed by atoms with E-state index in [1.807, 2.05) is 30.3 Å². The molecule has 1 aliphatic rings. The van der Waals surface area contributed by atoms with Crippen LogP contribution in [0.4, 0.5) is 13.2 Å². The van der Waals surface area contributed by atoms with E-state index in [9.17, 15) is 22.8 Å². The lowest BCUT2D eigenvalue weighted by Gasteiger charge is -2.33. The number of ether oxygens (including phenoxy) is 1. The molecule has 1 aliphatic heterocycles. The quantitative estimate of drug-likeness (QED) is 0.870. The molecule has 1 atom stereocenters. The average Bonchev–Trinajstić information content (AvgIpc) is 2.72. The fourth-order valence-corrected chi connectivity index (χ4v) is 2.93. The first-order valence-electron chi connectivity index (χ1n) is 8.74. The van der Waals surface area contributed by atoms with Crippen LogP contribution in [0.2, 0.25) is 0 Å². The van der Waals surface area contributed by atoms with Gasteiger partial charge in [-0.25, -0.2) is 0 Å². The standard InChI is InChI=1S/C20H19F3N2O3/c21-20(22,23)16-8-6-15(7-9-16)19(27)24-12-18(26)25-10-11-28-17(13-25)14-4-2-1-3-5-14/h1-9,17H,10-13H2,(H,24,27)/t17-/m0/s1. The second-order valence-electron chi connectivity index (χ2n) is 6.37. The molecular formula is C20H19F3N2O3. The summed E-state index contributed by atoms with van der Waals surface area (Å²) < 4.78 is 43.4. The first-order chi connectivity index (χ1) is 13.3. The molecule has 0 saturated carbocycles. The minimum Gasteiger partial charge on any atom is -0.370 e. The first kappa shape index (κ1) is 19.9. The Hall–Kier alpha value is -2.87. The fraction of sp³-hybridized carbons (Fsp3) is 0.300. The second kappa shape index (κ2) is 8.43. The van der Waals surface area contributed by atoms with Gasteiger partial charge in [-0.15, -0.1) is 0 Å². The van der Waals surface area contributed by atoms with Crippen molar-refractivity contribution >= 4 is 11.8 Å². The number of hydrogen-bond donors (Lipinski definition) is 1. The Bertz CT molecular complexity index is 823. The van der Waals surface area contributed by atoms with Gasteiger partial charge in [-0.2, -0.15) is 13.2 Å². The molecule has 3 rings (SSSR count). The van der Waals surface area contributed by atoms with E-state index in [-0.39, 0.29) is 24.1 Å². The van der Waals surface area contributed by atoms with Crippen molar-refractivity contribution in [3.8, 4) is 0 Å². The third-order valence-corrected chi connectivity index (χ3v) is 4.47. The highest BCUT2D eigenvalue weighted by Crippen LogP contribution is 2.29. The summed E-state index contributed by atoms with van der Waals surface area (Å²) in [5.41, 5.74) is 0.194. The van der Waals surface area contributed by atoms with Crippen molar-refractivity contribution in [2.75, 3.05) is 26.2 Å². The summed E-state index contributed by atoms with van der Waals surface area (Å²) in [5, 5.41) is 2.46. The molecule has 2 amide bonds. The summed E-state index contributed by atoms with van der Waals surface area (Å²) in [6.45, 7) is 0.941. The summed E-state index contributed by atoms with van der Waals surface area (Å²) in [6, 6.07) is 13.4. The monoisotopic (exact) mass is 392 g/mol. The van der Waals surface area contributed by atoms with Crippen LogP contribution in [-0.2, 0) is 15.7 Å². The van der Waals surface area contributed by atoms with Gasteiger partial charge in [0, 0.05) is 12.1 Å². The molecule has 1 heterocycles. The highest BCUT2D eigenvalue weighted by atomic mass is 19.4. The maximum Gasteiger partial charge on any atom is 0.416 e. The number of nitrogens with one attached hydrogen (secondary N) is 1. The predicted octanol–water partition coefficient (Wildman–Crippen LogP) is 3.04. The Morgan fingerprint density at radius 3 is 2.39 bits per heavy atom. The van der Waals surface area contributed by atoms with Gasteiger partial charge in [-0.05, 0) is 29.8 Å². The van der Waals surface area contributed by atoms with E-state index < -0.39 is 17.6 Å². The molecule has 0 aromatic heterocycles. The molecule has 0 radical (unpaired) electrons. The number of halogens is 3. The SMILES string of the molecule is O=C(NCC(=O)N1CCO[C@H](c2ccccc2)C1)c1ccc(C(F)(F)F)cc1. The van der Waals surface area contributed by atoms with Crippen LogP contribution >= 0.6 is 0 Å². The van der Waals surface area contributed by atoms with Crippen LogP contribution < -0.4 is 5.32 Å². The molecule has 28 heavy (non-hydrogen) atoms. The molecule has 8 heteroatoms. The highest BCUT2D eigenvalue weighted by molar-refractivity contribution is 5.96. The van der Waals surface area contributed by atoms with Crippen molar-refractivity contribution in [3.63, 3.8) is 0 Å². The summed E-state index contributed by atoms with van der Waals surface area (Å²) in [7, 11) is 0. The lowest BCUT2D eigenvalue weighted by atomic mass is 10.1. The molecule has 2 aromatic carbocycles. The van der Waals surface area contributed by atoms with Crippen molar-refractivity contribution < 1.29 is 27.5 Å². The van der Waals surface area contributed by atoms with Gasteiger partial charge in [0.1, 0.15) is 6.10 Å². The van der Waals surface area contributed by atoms with Gasteiger partial charge in [-0.3, -0.25) is 9.59 Å². The average molecular weight is 392 g/mol. The smallest absolute Gasteiger partial charge is 0.370 e. The van der Waals surface area contributed by atoms with Gasteiger partial charge < -0.3 is 15.0 Å². The summed E-state index contributed by atoms with van der Waals surface area (Å²) in [4.78, 5) is 26.1. The Morgan fingerprint density at radius 1 is 1.07 bits per heavy atom. The van der Waals surface area contributed by atoms with E-state index in [1.165, 1.54) is 0 Å². The predicted molar refractivity (Wildman–Crippen MR) is 95.5 cm³/mol. The van der Waals surface area contributed by atoms with Gasteiger partial charge in [-0.1, -0.05) is 30.3 Å². The molecule has 0 bridgehead atoms. The molecule has 5 nitrogen and oxygen atoms in total.